The second-order valence-corrected chi connectivity index (χ2v) is 11.9. The molecule has 5 heteroatoms. The minimum atomic E-state index is 0.610. The van der Waals surface area contributed by atoms with Gasteiger partial charge in [0.1, 0.15) is 11.2 Å². The summed E-state index contributed by atoms with van der Waals surface area (Å²) in [4.78, 5) is 15.2. The van der Waals surface area contributed by atoms with Crippen LogP contribution in [0.3, 0.4) is 0 Å². The summed E-state index contributed by atoms with van der Waals surface area (Å²) in [7, 11) is 0. The molecule has 0 N–H and O–H groups in total. The second kappa shape index (κ2) is 9.97. The lowest BCUT2D eigenvalue weighted by Crippen LogP contribution is -2.00. The van der Waals surface area contributed by atoms with Crippen LogP contribution < -0.4 is 0 Å². The van der Waals surface area contributed by atoms with Crippen molar-refractivity contribution in [3.63, 3.8) is 0 Å². The van der Waals surface area contributed by atoms with E-state index >= 15 is 0 Å². The zero-order valence-corrected chi connectivity index (χ0v) is 24.3. The summed E-state index contributed by atoms with van der Waals surface area (Å²) in [5.41, 5.74) is 6.64. The van der Waals surface area contributed by atoms with Crippen molar-refractivity contribution in [2.24, 2.45) is 0 Å². The molecule has 0 bridgehead atoms. The molecule has 0 amide bonds. The van der Waals surface area contributed by atoms with E-state index in [-0.39, 0.29) is 0 Å². The second-order valence-electron chi connectivity index (χ2n) is 10.8. The van der Waals surface area contributed by atoms with Crippen molar-refractivity contribution in [2.75, 3.05) is 0 Å². The summed E-state index contributed by atoms with van der Waals surface area (Å²) >= 11 is 1.82. The van der Waals surface area contributed by atoms with Gasteiger partial charge in [-0.25, -0.2) is 15.0 Å². The molecule has 3 aromatic heterocycles. The van der Waals surface area contributed by atoms with Gasteiger partial charge in [-0.15, -0.1) is 11.3 Å². The molecule has 0 spiro atoms. The highest BCUT2D eigenvalue weighted by atomic mass is 32.1. The van der Waals surface area contributed by atoms with E-state index in [1.807, 2.05) is 90.2 Å². The monoisotopic (exact) mass is 581 g/mol. The van der Waals surface area contributed by atoms with Gasteiger partial charge in [0, 0.05) is 47.6 Å². The molecule has 9 rings (SSSR count). The number of hydrogen-bond donors (Lipinski definition) is 0. The molecule has 0 radical (unpaired) electrons. The fraction of sp³-hybridized carbons (Fsp3) is 0. The average Bonchev–Trinajstić information content (AvgIpc) is 3.67. The van der Waals surface area contributed by atoms with Gasteiger partial charge >= 0.3 is 0 Å². The highest BCUT2D eigenvalue weighted by molar-refractivity contribution is 7.25. The molecule has 44 heavy (non-hydrogen) atoms. The first-order valence-electron chi connectivity index (χ1n) is 14.5. The predicted molar refractivity (Wildman–Crippen MR) is 182 cm³/mol. The highest BCUT2D eigenvalue weighted by Gasteiger charge is 2.21. The van der Waals surface area contributed by atoms with E-state index in [1.165, 1.54) is 20.2 Å². The normalized spacial score (nSPS) is 11.6. The quantitative estimate of drug-likeness (QED) is 0.207. The van der Waals surface area contributed by atoms with E-state index in [4.69, 9.17) is 19.4 Å². The standard InChI is InChI=1S/C39H23N3OS/c1-3-12-24(13-4-1)37-40-38(25-14-5-2-6-15-25)42-39(41-37)30-22-26(23-32-35(30)28-16-7-9-19-31(28)43-32)27-18-11-21-34-36(27)29-17-8-10-20-33(29)44-34/h1-23H. The maximum Gasteiger partial charge on any atom is 0.164 e. The Bertz CT molecular complexity index is 2440. The van der Waals surface area contributed by atoms with Crippen molar-refractivity contribution in [1.29, 1.82) is 0 Å². The summed E-state index contributed by atoms with van der Waals surface area (Å²) in [6, 6.07) is 47.9. The van der Waals surface area contributed by atoms with Gasteiger partial charge in [0.2, 0.25) is 0 Å². The van der Waals surface area contributed by atoms with Gasteiger partial charge in [0.15, 0.2) is 17.5 Å². The van der Waals surface area contributed by atoms with Crippen LogP contribution in [0.1, 0.15) is 0 Å². The average molecular weight is 582 g/mol. The molecule has 4 nitrogen and oxygen atoms in total. The first-order chi connectivity index (χ1) is 21.8. The van der Waals surface area contributed by atoms with E-state index in [0.29, 0.717) is 17.5 Å². The topological polar surface area (TPSA) is 51.8 Å². The number of thiophene rings is 1. The van der Waals surface area contributed by atoms with Crippen molar-refractivity contribution in [3.05, 3.63) is 140 Å². The van der Waals surface area contributed by atoms with Crippen molar-refractivity contribution in [1.82, 2.24) is 15.0 Å². The summed E-state index contributed by atoms with van der Waals surface area (Å²) in [5, 5.41) is 4.54. The van der Waals surface area contributed by atoms with Crippen LogP contribution >= 0.6 is 11.3 Å². The van der Waals surface area contributed by atoms with E-state index in [0.717, 1.165) is 49.8 Å². The van der Waals surface area contributed by atoms with Crippen molar-refractivity contribution >= 4 is 53.4 Å². The SMILES string of the molecule is c1ccc(-c2nc(-c3ccccc3)nc(-c3cc(-c4cccc5sc6ccccc6c45)cc4oc5ccccc5c34)n2)cc1. The molecule has 206 valence electrons. The number of para-hydroxylation sites is 1. The van der Waals surface area contributed by atoms with E-state index in [2.05, 4.69) is 60.7 Å². The van der Waals surface area contributed by atoms with Crippen molar-refractivity contribution in [2.45, 2.75) is 0 Å². The molecular formula is C39H23N3OS. The van der Waals surface area contributed by atoms with E-state index in [1.54, 1.807) is 0 Å². The molecule has 0 fully saturated rings. The lowest BCUT2D eigenvalue weighted by atomic mass is 9.95. The number of hydrogen-bond acceptors (Lipinski definition) is 5. The Morgan fingerprint density at radius 3 is 1.77 bits per heavy atom. The molecule has 3 heterocycles. The third kappa shape index (κ3) is 4.02. The first kappa shape index (κ1) is 24.9. The lowest BCUT2D eigenvalue weighted by molar-refractivity contribution is 0.669. The number of rotatable bonds is 4. The summed E-state index contributed by atoms with van der Waals surface area (Å²) in [6.07, 6.45) is 0. The molecular weight excluding hydrogens is 559 g/mol. The van der Waals surface area contributed by atoms with Gasteiger partial charge in [-0.3, -0.25) is 0 Å². The van der Waals surface area contributed by atoms with Crippen LogP contribution in [0.5, 0.6) is 0 Å². The number of benzene rings is 6. The summed E-state index contributed by atoms with van der Waals surface area (Å²) in [6.45, 7) is 0. The van der Waals surface area contributed by atoms with Crippen LogP contribution in [0, 0.1) is 0 Å². The molecule has 0 saturated heterocycles. The first-order valence-corrected chi connectivity index (χ1v) is 15.3. The third-order valence-electron chi connectivity index (χ3n) is 8.13. The molecule has 0 aliphatic rings. The zero-order chi connectivity index (χ0) is 29.0. The van der Waals surface area contributed by atoms with Crippen LogP contribution in [-0.4, -0.2) is 15.0 Å². The fourth-order valence-electron chi connectivity index (χ4n) is 6.13. The van der Waals surface area contributed by atoms with E-state index in [9.17, 15) is 0 Å². The third-order valence-corrected chi connectivity index (χ3v) is 9.27. The molecule has 0 unspecified atom stereocenters. The Hall–Kier alpha value is -5.65. The smallest absolute Gasteiger partial charge is 0.164 e. The number of aromatic nitrogens is 3. The minimum absolute atomic E-state index is 0.610. The largest absolute Gasteiger partial charge is 0.456 e. The summed E-state index contributed by atoms with van der Waals surface area (Å²) < 4.78 is 9.05. The van der Waals surface area contributed by atoms with E-state index < -0.39 is 0 Å². The van der Waals surface area contributed by atoms with Crippen molar-refractivity contribution in [3.8, 4) is 45.3 Å². The molecule has 0 atom stereocenters. The van der Waals surface area contributed by atoms with Gasteiger partial charge in [-0.05, 0) is 41.5 Å². The number of fused-ring (bicyclic) bond motifs is 6. The van der Waals surface area contributed by atoms with Gasteiger partial charge in [0.05, 0.1) is 0 Å². The Kier molecular flexibility index (Phi) is 5.64. The van der Waals surface area contributed by atoms with Crippen LogP contribution in [-0.2, 0) is 0 Å². The van der Waals surface area contributed by atoms with Gasteiger partial charge < -0.3 is 4.42 Å². The molecule has 0 saturated carbocycles. The maximum atomic E-state index is 6.52. The Labute approximate surface area is 256 Å². The summed E-state index contributed by atoms with van der Waals surface area (Å²) in [5.74, 6) is 1.87. The maximum absolute atomic E-state index is 6.52. The lowest BCUT2D eigenvalue weighted by Gasteiger charge is -2.12. The van der Waals surface area contributed by atoms with Crippen molar-refractivity contribution < 1.29 is 4.42 Å². The number of nitrogens with zero attached hydrogens (tertiary/aromatic N) is 3. The Morgan fingerprint density at radius 2 is 1.02 bits per heavy atom. The van der Waals surface area contributed by atoms with Gasteiger partial charge in [0.25, 0.3) is 0 Å². The fourth-order valence-corrected chi connectivity index (χ4v) is 7.26. The molecule has 9 aromatic rings. The van der Waals surface area contributed by atoms with Crippen LogP contribution in [0.25, 0.3) is 87.4 Å². The Morgan fingerprint density at radius 1 is 0.409 bits per heavy atom. The van der Waals surface area contributed by atoms with Gasteiger partial charge in [-0.2, -0.15) is 0 Å². The molecule has 0 aliphatic heterocycles. The van der Waals surface area contributed by atoms with Crippen LogP contribution in [0.15, 0.2) is 144 Å². The Balaban J connectivity index is 1.38. The van der Waals surface area contributed by atoms with Gasteiger partial charge in [-0.1, -0.05) is 109 Å². The minimum Gasteiger partial charge on any atom is -0.456 e. The zero-order valence-electron chi connectivity index (χ0n) is 23.4. The molecule has 6 aromatic carbocycles. The number of furan rings is 1. The highest BCUT2D eigenvalue weighted by Crippen LogP contribution is 2.44. The van der Waals surface area contributed by atoms with Crippen LogP contribution in [0.4, 0.5) is 0 Å². The molecule has 0 aliphatic carbocycles. The predicted octanol–water partition coefficient (Wildman–Crippen LogP) is 10.8. The van der Waals surface area contributed by atoms with Crippen LogP contribution in [0.2, 0.25) is 0 Å².